The van der Waals surface area contributed by atoms with E-state index in [4.69, 9.17) is 14.5 Å². The number of aromatic nitrogens is 3. The predicted octanol–water partition coefficient (Wildman–Crippen LogP) is 2.63. The first kappa shape index (κ1) is 18.1. The van der Waals surface area contributed by atoms with Gasteiger partial charge >= 0.3 is 0 Å². The Labute approximate surface area is 160 Å². The number of ether oxygens (including phenoxy) is 2. The molecule has 27 heavy (non-hydrogen) atoms. The van der Waals surface area contributed by atoms with Crippen LogP contribution in [0.15, 0.2) is 36.5 Å². The Hall–Kier alpha value is -2.25. The third-order valence-corrected chi connectivity index (χ3v) is 5.27. The second kappa shape index (κ2) is 7.78. The first-order chi connectivity index (χ1) is 13.2. The molecule has 144 valence electrons. The first-order valence-electron chi connectivity index (χ1n) is 9.68. The van der Waals surface area contributed by atoms with Crippen molar-refractivity contribution in [2.75, 3.05) is 36.1 Å². The maximum Gasteiger partial charge on any atom is 0.247 e. The largest absolute Gasteiger partial charge is 0.348 e. The zero-order valence-corrected chi connectivity index (χ0v) is 16.0. The fourth-order valence-corrected chi connectivity index (χ4v) is 3.70. The van der Waals surface area contributed by atoms with Crippen LogP contribution < -0.4 is 9.80 Å². The van der Waals surface area contributed by atoms with Crippen molar-refractivity contribution < 1.29 is 9.47 Å². The molecule has 0 amide bonds. The van der Waals surface area contributed by atoms with Gasteiger partial charge in [-0.05, 0) is 19.4 Å². The molecule has 2 fully saturated rings. The topological polar surface area (TPSA) is 63.6 Å². The number of piperidine rings is 1. The molecule has 2 aliphatic rings. The van der Waals surface area contributed by atoms with Crippen molar-refractivity contribution in [2.24, 2.45) is 0 Å². The van der Waals surface area contributed by atoms with Crippen molar-refractivity contribution in [1.29, 1.82) is 0 Å². The Morgan fingerprint density at radius 3 is 2.48 bits per heavy atom. The molecule has 0 N–H and O–H groups in total. The molecule has 7 nitrogen and oxygen atoms in total. The minimum atomic E-state index is -0.390. The molecule has 1 aromatic carbocycles. The van der Waals surface area contributed by atoms with Crippen molar-refractivity contribution in [1.82, 2.24) is 15.2 Å². The summed E-state index contributed by atoms with van der Waals surface area (Å²) in [5.74, 6) is 1.14. The first-order valence-corrected chi connectivity index (χ1v) is 9.68. The molecule has 7 heteroatoms. The van der Waals surface area contributed by atoms with Gasteiger partial charge in [0.25, 0.3) is 0 Å². The zero-order valence-electron chi connectivity index (χ0n) is 16.0. The summed E-state index contributed by atoms with van der Waals surface area (Å²) >= 11 is 0. The molecule has 0 bridgehead atoms. The van der Waals surface area contributed by atoms with E-state index in [0.717, 1.165) is 38.3 Å². The minimum Gasteiger partial charge on any atom is -0.348 e. The Morgan fingerprint density at radius 2 is 1.81 bits per heavy atom. The number of nitrogens with zero attached hydrogens (tertiary/aromatic N) is 5. The van der Waals surface area contributed by atoms with E-state index in [1.807, 2.05) is 6.07 Å². The van der Waals surface area contributed by atoms with E-state index < -0.39 is 5.79 Å². The fraction of sp³-hybridized carbons (Fsp3) is 0.550. The zero-order chi connectivity index (χ0) is 18.7. The van der Waals surface area contributed by atoms with Crippen LogP contribution in [-0.2, 0) is 16.0 Å². The minimum absolute atomic E-state index is 0.305. The SMILES string of the molecule is CC(C)N(Cc1ccccc1)c1cnnc(N2CCC3(CC2)OCCO3)n1. The molecule has 2 saturated heterocycles. The monoisotopic (exact) mass is 369 g/mol. The lowest BCUT2D eigenvalue weighted by Gasteiger charge is -2.37. The van der Waals surface area contributed by atoms with Crippen LogP contribution in [0.2, 0.25) is 0 Å². The molecular formula is C20H27N5O2. The summed E-state index contributed by atoms with van der Waals surface area (Å²) in [6.07, 6.45) is 3.41. The standard InChI is InChI=1S/C20H27N5O2/c1-16(2)25(15-17-6-4-3-5-7-17)18-14-21-23-19(22-18)24-10-8-20(9-11-24)26-12-13-27-20/h3-7,14,16H,8-13,15H2,1-2H3. The highest BCUT2D eigenvalue weighted by molar-refractivity contribution is 5.43. The third kappa shape index (κ3) is 4.04. The molecule has 1 aromatic heterocycles. The lowest BCUT2D eigenvalue weighted by Crippen LogP contribution is -2.46. The summed E-state index contributed by atoms with van der Waals surface area (Å²) in [7, 11) is 0. The maximum atomic E-state index is 5.81. The normalized spacial score (nSPS) is 19.0. The van der Waals surface area contributed by atoms with Gasteiger partial charge in [-0.25, -0.2) is 0 Å². The second-order valence-corrected chi connectivity index (χ2v) is 7.42. The van der Waals surface area contributed by atoms with Gasteiger partial charge in [-0.1, -0.05) is 30.3 Å². The van der Waals surface area contributed by atoms with Crippen LogP contribution in [0, 0.1) is 0 Å². The molecule has 4 rings (SSSR count). The number of anilines is 2. The molecule has 1 spiro atoms. The van der Waals surface area contributed by atoms with Crippen LogP contribution in [-0.4, -0.2) is 53.3 Å². The molecule has 2 aromatic rings. The predicted molar refractivity (Wildman–Crippen MR) is 104 cm³/mol. The van der Waals surface area contributed by atoms with E-state index in [0.29, 0.717) is 25.2 Å². The number of rotatable bonds is 5. The van der Waals surface area contributed by atoms with Gasteiger partial charge in [-0.2, -0.15) is 10.1 Å². The Balaban J connectivity index is 1.49. The van der Waals surface area contributed by atoms with Gasteiger partial charge in [-0.15, -0.1) is 5.10 Å². The van der Waals surface area contributed by atoms with Gasteiger partial charge in [0, 0.05) is 38.5 Å². The van der Waals surface area contributed by atoms with Crippen molar-refractivity contribution in [2.45, 2.75) is 45.1 Å². The van der Waals surface area contributed by atoms with Crippen LogP contribution >= 0.6 is 0 Å². The van der Waals surface area contributed by atoms with Gasteiger partial charge < -0.3 is 19.3 Å². The second-order valence-electron chi connectivity index (χ2n) is 7.42. The molecule has 0 saturated carbocycles. The molecular weight excluding hydrogens is 342 g/mol. The van der Waals surface area contributed by atoms with E-state index in [2.05, 4.69) is 58.1 Å². The van der Waals surface area contributed by atoms with Crippen LogP contribution in [0.5, 0.6) is 0 Å². The van der Waals surface area contributed by atoms with E-state index in [9.17, 15) is 0 Å². The summed E-state index contributed by atoms with van der Waals surface area (Å²) in [5.41, 5.74) is 1.25. The third-order valence-electron chi connectivity index (χ3n) is 5.27. The quantitative estimate of drug-likeness (QED) is 0.803. The molecule has 2 aliphatic heterocycles. The van der Waals surface area contributed by atoms with Gasteiger partial charge in [-0.3, -0.25) is 0 Å². The van der Waals surface area contributed by atoms with Gasteiger partial charge in [0.1, 0.15) is 0 Å². The Bertz CT molecular complexity index is 739. The van der Waals surface area contributed by atoms with Crippen molar-refractivity contribution in [3.63, 3.8) is 0 Å². The highest BCUT2D eigenvalue weighted by Crippen LogP contribution is 2.32. The molecule has 0 aliphatic carbocycles. The van der Waals surface area contributed by atoms with Crippen molar-refractivity contribution in [3.8, 4) is 0 Å². The van der Waals surface area contributed by atoms with Gasteiger partial charge in [0.15, 0.2) is 11.6 Å². The number of hydrogen-bond donors (Lipinski definition) is 0. The van der Waals surface area contributed by atoms with Gasteiger partial charge in [0.05, 0.1) is 19.4 Å². The number of benzene rings is 1. The lowest BCUT2D eigenvalue weighted by molar-refractivity contribution is -0.169. The van der Waals surface area contributed by atoms with Crippen LogP contribution in [0.1, 0.15) is 32.3 Å². The summed E-state index contributed by atoms with van der Waals surface area (Å²) in [6, 6.07) is 10.7. The summed E-state index contributed by atoms with van der Waals surface area (Å²) < 4.78 is 11.6. The summed E-state index contributed by atoms with van der Waals surface area (Å²) in [4.78, 5) is 9.25. The van der Waals surface area contributed by atoms with E-state index in [1.54, 1.807) is 6.20 Å². The van der Waals surface area contributed by atoms with Gasteiger partial charge in [0.2, 0.25) is 5.95 Å². The summed E-state index contributed by atoms with van der Waals surface area (Å²) in [6.45, 7) is 8.14. The molecule has 0 atom stereocenters. The van der Waals surface area contributed by atoms with Crippen molar-refractivity contribution in [3.05, 3.63) is 42.1 Å². The average molecular weight is 369 g/mol. The Kier molecular flexibility index (Phi) is 5.22. The highest BCUT2D eigenvalue weighted by Gasteiger charge is 2.40. The maximum absolute atomic E-state index is 5.81. The molecule has 3 heterocycles. The van der Waals surface area contributed by atoms with Crippen molar-refractivity contribution >= 4 is 11.8 Å². The van der Waals surface area contributed by atoms with E-state index in [-0.39, 0.29) is 0 Å². The van der Waals surface area contributed by atoms with E-state index >= 15 is 0 Å². The van der Waals surface area contributed by atoms with Crippen LogP contribution in [0.4, 0.5) is 11.8 Å². The van der Waals surface area contributed by atoms with Crippen LogP contribution in [0.25, 0.3) is 0 Å². The smallest absolute Gasteiger partial charge is 0.247 e. The lowest BCUT2D eigenvalue weighted by atomic mass is 10.0. The van der Waals surface area contributed by atoms with E-state index in [1.165, 1.54) is 5.56 Å². The molecule has 0 unspecified atom stereocenters. The van der Waals surface area contributed by atoms with Crippen LogP contribution in [0.3, 0.4) is 0 Å². The average Bonchev–Trinajstić information content (AvgIpc) is 3.15. The number of hydrogen-bond acceptors (Lipinski definition) is 7. The highest BCUT2D eigenvalue weighted by atomic mass is 16.7. The summed E-state index contributed by atoms with van der Waals surface area (Å²) in [5, 5.41) is 8.52. The fourth-order valence-electron chi connectivity index (χ4n) is 3.70. The molecule has 0 radical (unpaired) electrons. The Morgan fingerprint density at radius 1 is 1.11 bits per heavy atom.